The normalized spacial score (nSPS) is 14.8. The minimum atomic E-state index is -2.27. The van der Waals surface area contributed by atoms with Gasteiger partial charge in [-0.1, -0.05) is 0 Å². The maximum Gasteiger partial charge on any atom is 0.335 e. The van der Waals surface area contributed by atoms with Gasteiger partial charge in [-0.15, -0.1) is 0 Å². The van der Waals surface area contributed by atoms with Gasteiger partial charge in [0.15, 0.2) is 24.1 Å². The third-order valence-electron chi connectivity index (χ3n) is 5.81. The fourth-order valence-corrected chi connectivity index (χ4v) is 4.74. The third-order valence-corrected chi connectivity index (χ3v) is 7.40. The molecule has 2 aromatic carbocycles. The number of halogens is 2. The lowest BCUT2D eigenvalue weighted by atomic mass is 10.2. The highest BCUT2D eigenvalue weighted by Gasteiger charge is 2.29. The molecule has 4 aromatic rings. The van der Waals surface area contributed by atoms with Crippen LogP contribution in [0.25, 0.3) is 22.1 Å². The van der Waals surface area contributed by atoms with Crippen LogP contribution in [-0.2, 0) is 9.59 Å². The second kappa shape index (κ2) is 15.3. The van der Waals surface area contributed by atoms with E-state index in [2.05, 4.69) is 83.0 Å². The molecule has 0 radical (unpaired) electrons. The number of aliphatic carboxylic acids is 2. The van der Waals surface area contributed by atoms with E-state index in [0.717, 1.165) is 80.5 Å². The highest BCUT2D eigenvalue weighted by Crippen LogP contribution is 2.31. The summed E-state index contributed by atoms with van der Waals surface area (Å²) in [7, 11) is 0. The molecule has 18 heteroatoms. The first-order valence-corrected chi connectivity index (χ1v) is 14.5. The van der Waals surface area contributed by atoms with Gasteiger partial charge in [-0.3, -0.25) is 24.9 Å². The van der Waals surface area contributed by atoms with E-state index < -0.39 is 24.1 Å². The van der Waals surface area contributed by atoms with Crippen LogP contribution in [-0.4, -0.2) is 103 Å². The zero-order valence-corrected chi connectivity index (χ0v) is 25.8. The van der Waals surface area contributed by atoms with Crippen molar-refractivity contribution in [1.29, 1.82) is 0 Å². The Morgan fingerprint density at radius 1 is 0.773 bits per heavy atom. The molecule has 0 saturated carbocycles. The number of aliphatic hydroxyl groups excluding tert-OH is 2. The van der Waals surface area contributed by atoms with Gasteiger partial charge in [-0.05, 0) is 56.1 Å². The van der Waals surface area contributed by atoms with E-state index in [1.807, 2.05) is 24.3 Å². The molecule has 2 aliphatic heterocycles. The highest BCUT2D eigenvalue weighted by atomic mass is 79.9. The first kappa shape index (κ1) is 32.4. The van der Waals surface area contributed by atoms with Gasteiger partial charge in [0, 0.05) is 44.4 Å². The van der Waals surface area contributed by atoms with Crippen LogP contribution in [0.15, 0.2) is 68.0 Å². The minimum Gasteiger partial charge on any atom is -0.479 e. The summed E-state index contributed by atoms with van der Waals surface area (Å²) in [5, 5.41) is 45.2. The molecule has 4 heterocycles. The topological polar surface area (TPSA) is 239 Å². The number of carboxylic acids is 2. The van der Waals surface area contributed by atoms with Gasteiger partial charge in [0.2, 0.25) is 0 Å². The lowest BCUT2D eigenvalue weighted by Gasteiger charge is -2.09. The second-order valence-electron chi connectivity index (χ2n) is 8.84. The number of aliphatic hydroxyl groups is 2. The van der Waals surface area contributed by atoms with Crippen molar-refractivity contribution in [2.45, 2.75) is 12.2 Å². The fourth-order valence-electron chi connectivity index (χ4n) is 3.68. The zero-order valence-electron chi connectivity index (χ0n) is 22.6. The summed E-state index contributed by atoms with van der Waals surface area (Å²) >= 11 is 7.07. The number of fused-ring (bicyclic) bond motifs is 2. The summed E-state index contributed by atoms with van der Waals surface area (Å²) in [4.78, 5) is 45.4. The van der Waals surface area contributed by atoms with Crippen molar-refractivity contribution in [3.63, 3.8) is 0 Å². The highest BCUT2D eigenvalue weighted by molar-refractivity contribution is 9.11. The maximum atomic E-state index is 9.77. The van der Waals surface area contributed by atoms with E-state index in [9.17, 15) is 9.59 Å². The van der Waals surface area contributed by atoms with Crippen molar-refractivity contribution in [3.05, 3.63) is 58.0 Å². The number of hydrogen-bond donors (Lipinski definition) is 8. The van der Waals surface area contributed by atoms with Crippen molar-refractivity contribution in [1.82, 2.24) is 35.9 Å². The number of nitrogens with one attached hydrogen (secondary N) is 4. The number of nitrogens with zero attached hydrogens (tertiary/aromatic N) is 6. The van der Waals surface area contributed by atoms with Crippen molar-refractivity contribution in [2.24, 2.45) is 9.98 Å². The average Bonchev–Trinajstić information content (AvgIpc) is 3.75. The number of aliphatic imine (C=N–C) groups is 2. The predicted octanol–water partition coefficient (Wildman–Crippen LogP) is 1.21. The average molecular weight is 734 g/mol. The van der Waals surface area contributed by atoms with Gasteiger partial charge in [0.25, 0.3) is 0 Å². The summed E-state index contributed by atoms with van der Waals surface area (Å²) in [6.07, 6.45) is 2.19. The predicted molar refractivity (Wildman–Crippen MR) is 169 cm³/mol. The molecular formula is C26H26Br2N10O6. The van der Waals surface area contributed by atoms with E-state index in [1.165, 1.54) is 0 Å². The largest absolute Gasteiger partial charge is 0.479 e. The van der Waals surface area contributed by atoms with Gasteiger partial charge in [0.1, 0.15) is 11.0 Å². The number of guanidine groups is 2. The molecule has 0 bridgehead atoms. The van der Waals surface area contributed by atoms with Crippen LogP contribution in [0.4, 0.5) is 11.4 Å². The molecule has 0 amide bonds. The van der Waals surface area contributed by atoms with Crippen LogP contribution in [0.1, 0.15) is 0 Å². The molecule has 2 unspecified atom stereocenters. The Bertz CT molecular complexity index is 1700. The Morgan fingerprint density at radius 2 is 1.32 bits per heavy atom. The minimum absolute atomic E-state index is 0.800. The van der Waals surface area contributed by atoms with Gasteiger partial charge in [-0.25, -0.2) is 14.6 Å². The number of rotatable bonds is 5. The van der Waals surface area contributed by atoms with Crippen LogP contribution in [0, 0.1) is 0 Å². The number of hydrogen-bond acceptors (Lipinski definition) is 12. The van der Waals surface area contributed by atoms with Crippen molar-refractivity contribution < 1.29 is 30.0 Å². The molecule has 2 aromatic heterocycles. The maximum absolute atomic E-state index is 9.77. The quantitative estimate of drug-likeness (QED) is 0.144. The zero-order chi connectivity index (χ0) is 31.6. The summed E-state index contributed by atoms with van der Waals surface area (Å²) in [5.74, 6) is -1.94. The van der Waals surface area contributed by atoms with Gasteiger partial charge < -0.3 is 41.7 Å². The standard InChI is InChI=1S/2C11H10BrN5.C4H6O6/c2*12-9-7(17-11-15-5-6-16-11)1-2-8-10(9)14-4-3-13-8;5-1(3(7)8)2(6)4(9)10/h2*1-4H,5-6H2,(H2,15,16,17);1-2,5-6H,(H,7,8)(H,9,10). The number of carbonyl (C=O) groups is 2. The number of anilines is 1. The molecule has 2 aliphatic rings. The molecule has 44 heavy (non-hydrogen) atoms. The van der Waals surface area contributed by atoms with Crippen molar-refractivity contribution in [3.8, 4) is 0 Å². The summed E-state index contributed by atoms with van der Waals surface area (Å²) in [6.45, 7) is 3.51. The molecule has 1 saturated heterocycles. The second-order valence-corrected chi connectivity index (χ2v) is 10.4. The smallest absolute Gasteiger partial charge is 0.335 e. The van der Waals surface area contributed by atoms with Crippen LogP contribution in [0.5, 0.6) is 0 Å². The summed E-state index contributed by atoms with van der Waals surface area (Å²) in [5.41, 5.74) is 5.17. The summed E-state index contributed by atoms with van der Waals surface area (Å²) in [6, 6.07) is 7.74. The lowest BCUT2D eigenvalue weighted by molar-refractivity contribution is -0.165. The van der Waals surface area contributed by atoms with Crippen molar-refractivity contribution >= 4 is 89.2 Å². The number of carboxylic acid groups (broad SMARTS) is 2. The Kier molecular flexibility index (Phi) is 11.2. The molecule has 16 nitrogen and oxygen atoms in total. The third kappa shape index (κ3) is 8.31. The van der Waals surface area contributed by atoms with Crippen molar-refractivity contribution in [2.75, 3.05) is 31.5 Å². The molecule has 8 N–H and O–H groups in total. The molecule has 0 spiro atoms. The van der Waals surface area contributed by atoms with Crippen LogP contribution < -0.4 is 21.3 Å². The number of benzene rings is 2. The number of aromatic nitrogens is 4. The first-order valence-electron chi connectivity index (χ1n) is 12.9. The van der Waals surface area contributed by atoms with E-state index in [4.69, 9.17) is 20.4 Å². The summed E-state index contributed by atoms with van der Waals surface area (Å²) < 4.78 is 1.77. The molecule has 230 valence electrons. The molecule has 0 aliphatic carbocycles. The molecule has 2 atom stereocenters. The lowest BCUT2D eigenvalue weighted by Crippen LogP contribution is -2.39. The monoisotopic (exact) mass is 732 g/mol. The van der Waals surface area contributed by atoms with Gasteiger partial charge >= 0.3 is 11.9 Å². The molecule has 1 fully saturated rings. The van der Waals surface area contributed by atoms with E-state index >= 15 is 0 Å². The Morgan fingerprint density at radius 3 is 1.86 bits per heavy atom. The Balaban J connectivity index is 0.000000157. The Hall–Kier alpha value is -4.52. The van der Waals surface area contributed by atoms with E-state index in [0.29, 0.717) is 0 Å². The van der Waals surface area contributed by atoms with Gasteiger partial charge in [-0.2, -0.15) is 0 Å². The fraction of sp³-hybridized carbons (Fsp3) is 0.231. The molecule has 6 rings (SSSR count). The van der Waals surface area contributed by atoms with E-state index in [-0.39, 0.29) is 0 Å². The van der Waals surface area contributed by atoms with Gasteiger partial charge in [0.05, 0.1) is 37.9 Å². The van der Waals surface area contributed by atoms with Crippen LogP contribution in [0.2, 0.25) is 0 Å². The SMILES string of the molecule is Brc1c(N=C2NCCN2)ccc2nccnc12.Brc1c(NC2=NCCN2)ccc2nccnc12.O=C(O)C(O)C(O)C(=O)O. The first-order chi connectivity index (χ1) is 21.2. The van der Waals surface area contributed by atoms with Crippen LogP contribution >= 0.6 is 31.9 Å². The Labute approximate surface area is 266 Å². The van der Waals surface area contributed by atoms with E-state index in [1.54, 1.807) is 24.8 Å². The van der Waals surface area contributed by atoms with Crippen LogP contribution in [0.3, 0.4) is 0 Å². The molecular weight excluding hydrogens is 708 g/mol.